The van der Waals surface area contributed by atoms with Gasteiger partial charge in [0.2, 0.25) is 11.8 Å². The van der Waals surface area contributed by atoms with Crippen LogP contribution in [0.5, 0.6) is 0 Å². The van der Waals surface area contributed by atoms with E-state index in [1.165, 1.54) is 7.05 Å². The van der Waals surface area contributed by atoms with Gasteiger partial charge in [-0.1, -0.05) is 12.1 Å². The number of carbonyl (C=O) groups is 3. The van der Waals surface area contributed by atoms with Crippen LogP contribution < -0.4 is 10.6 Å². The van der Waals surface area contributed by atoms with E-state index in [9.17, 15) is 14.4 Å². The lowest BCUT2D eigenvalue weighted by atomic mass is 9.99. The molecule has 1 aliphatic heterocycles. The molecule has 1 aromatic rings. The number of carbonyl (C=O) groups excluding carboxylic acids is 2. The number of imide groups is 1. The number of piperazine rings is 1. The van der Waals surface area contributed by atoms with Crippen LogP contribution in [0.1, 0.15) is 11.5 Å². The molecule has 0 aromatic heterocycles. The fraction of sp³-hybridized carbons (Fsp3) is 0.357. The number of likely N-dealkylation sites (N-methyl/N-ethyl adjacent to an activating group) is 1. The third-order valence-electron chi connectivity index (χ3n) is 3.59. The van der Waals surface area contributed by atoms with Crippen molar-refractivity contribution in [1.82, 2.24) is 4.90 Å². The van der Waals surface area contributed by atoms with Crippen LogP contribution in [0.3, 0.4) is 0 Å². The number of rotatable bonds is 4. The van der Waals surface area contributed by atoms with Crippen LogP contribution in [0.4, 0.5) is 5.69 Å². The van der Waals surface area contributed by atoms with Crippen LogP contribution in [0.2, 0.25) is 0 Å². The molecule has 0 spiro atoms. The van der Waals surface area contributed by atoms with E-state index in [1.807, 2.05) is 0 Å². The summed E-state index contributed by atoms with van der Waals surface area (Å²) in [7, 11) is 1.46. The second-order valence-corrected chi connectivity index (χ2v) is 4.92. The molecule has 0 aliphatic carbocycles. The molecule has 3 N–H and O–H groups in total. The van der Waals surface area contributed by atoms with E-state index in [0.717, 1.165) is 4.90 Å². The van der Waals surface area contributed by atoms with Crippen molar-refractivity contribution in [3.8, 4) is 0 Å². The van der Waals surface area contributed by atoms with Gasteiger partial charge < -0.3 is 15.7 Å². The molecule has 1 aromatic carbocycles. The quantitative estimate of drug-likeness (QED) is 0.733. The molecule has 7 nitrogen and oxygen atoms in total. The number of hydrogen-bond donors (Lipinski definition) is 2. The smallest absolute Gasteiger partial charge is 0.312 e. The van der Waals surface area contributed by atoms with Crippen LogP contribution >= 0.6 is 0 Å². The minimum atomic E-state index is -0.977. The first-order chi connectivity index (χ1) is 9.93. The number of carboxylic acid groups (broad SMARTS) is 1. The summed E-state index contributed by atoms with van der Waals surface area (Å²) in [5.41, 5.74) is 6.75. The highest BCUT2D eigenvalue weighted by Gasteiger charge is 2.28. The number of amides is 2. The summed E-state index contributed by atoms with van der Waals surface area (Å²) in [4.78, 5) is 37.2. The van der Waals surface area contributed by atoms with Gasteiger partial charge in [0.1, 0.15) is 0 Å². The predicted molar refractivity (Wildman–Crippen MR) is 75.9 cm³/mol. The van der Waals surface area contributed by atoms with E-state index in [4.69, 9.17) is 10.8 Å². The summed E-state index contributed by atoms with van der Waals surface area (Å²) >= 11 is 0. The van der Waals surface area contributed by atoms with Gasteiger partial charge in [-0.15, -0.1) is 0 Å². The molecule has 1 unspecified atom stereocenters. The topological polar surface area (TPSA) is 104 Å². The number of benzene rings is 1. The average Bonchev–Trinajstić information content (AvgIpc) is 2.45. The zero-order valence-corrected chi connectivity index (χ0v) is 11.7. The summed E-state index contributed by atoms with van der Waals surface area (Å²) in [5.74, 6) is -2.26. The highest BCUT2D eigenvalue weighted by molar-refractivity contribution is 6.02. The zero-order chi connectivity index (χ0) is 15.6. The number of nitrogens with two attached hydrogens (primary N) is 1. The van der Waals surface area contributed by atoms with Crippen molar-refractivity contribution in [3.05, 3.63) is 29.8 Å². The van der Waals surface area contributed by atoms with E-state index in [0.29, 0.717) is 11.3 Å². The molecule has 7 heteroatoms. The van der Waals surface area contributed by atoms with Crippen LogP contribution in [-0.2, 0) is 14.4 Å². The Morgan fingerprint density at radius 2 is 1.76 bits per heavy atom. The summed E-state index contributed by atoms with van der Waals surface area (Å²) in [6, 6.07) is 6.72. The molecule has 112 valence electrons. The minimum absolute atomic E-state index is 0.0140. The summed E-state index contributed by atoms with van der Waals surface area (Å²) < 4.78 is 0. The molecule has 0 radical (unpaired) electrons. The molecular formula is C14H17N3O4. The monoisotopic (exact) mass is 291 g/mol. The van der Waals surface area contributed by atoms with E-state index in [1.54, 1.807) is 29.2 Å². The fourth-order valence-electron chi connectivity index (χ4n) is 2.21. The predicted octanol–water partition coefficient (Wildman–Crippen LogP) is -0.381. The second-order valence-electron chi connectivity index (χ2n) is 4.92. The first-order valence-electron chi connectivity index (χ1n) is 6.51. The van der Waals surface area contributed by atoms with E-state index in [2.05, 4.69) is 0 Å². The van der Waals surface area contributed by atoms with E-state index in [-0.39, 0.29) is 31.4 Å². The number of anilines is 1. The molecule has 1 aliphatic rings. The van der Waals surface area contributed by atoms with E-state index >= 15 is 0 Å². The van der Waals surface area contributed by atoms with Crippen LogP contribution in [-0.4, -0.2) is 54.5 Å². The maximum atomic E-state index is 11.7. The first kappa shape index (κ1) is 15.0. The average molecular weight is 291 g/mol. The molecule has 2 rings (SSSR count). The molecule has 1 fully saturated rings. The normalized spacial score (nSPS) is 17.0. The Labute approximate surface area is 121 Å². The molecule has 2 amide bonds. The molecule has 1 saturated heterocycles. The number of hydrogen-bond acceptors (Lipinski definition) is 5. The largest absolute Gasteiger partial charge is 0.481 e. The lowest BCUT2D eigenvalue weighted by Crippen LogP contribution is -2.52. The van der Waals surface area contributed by atoms with Gasteiger partial charge in [0, 0.05) is 19.3 Å². The third-order valence-corrected chi connectivity index (χ3v) is 3.59. The third kappa shape index (κ3) is 3.03. The van der Waals surface area contributed by atoms with Gasteiger partial charge in [-0.05, 0) is 17.7 Å². The van der Waals surface area contributed by atoms with Crippen molar-refractivity contribution < 1.29 is 19.5 Å². The minimum Gasteiger partial charge on any atom is -0.481 e. The van der Waals surface area contributed by atoms with Gasteiger partial charge in [0.05, 0.1) is 19.0 Å². The van der Waals surface area contributed by atoms with Gasteiger partial charge >= 0.3 is 5.97 Å². The maximum absolute atomic E-state index is 11.7. The molecular weight excluding hydrogens is 274 g/mol. The standard InChI is InChI=1S/C14H17N3O4/c1-16-12(18)7-17(8-13(16)19)10-4-2-9(3-5-10)11(6-15)14(20)21/h2-5,11H,6-8,15H2,1H3,(H,20,21). The molecule has 1 heterocycles. The Morgan fingerprint density at radius 3 is 2.19 bits per heavy atom. The Kier molecular flexibility index (Phi) is 4.23. The maximum Gasteiger partial charge on any atom is 0.312 e. The number of aliphatic carboxylic acids is 1. The van der Waals surface area contributed by atoms with Crippen molar-refractivity contribution in [2.45, 2.75) is 5.92 Å². The van der Waals surface area contributed by atoms with E-state index < -0.39 is 11.9 Å². The van der Waals surface area contributed by atoms with Crippen molar-refractivity contribution in [1.29, 1.82) is 0 Å². The Morgan fingerprint density at radius 1 is 1.24 bits per heavy atom. The lowest BCUT2D eigenvalue weighted by Gasteiger charge is -2.32. The van der Waals surface area contributed by atoms with Crippen LogP contribution in [0.15, 0.2) is 24.3 Å². The van der Waals surface area contributed by atoms with Crippen molar-refractivity contribution in [3.63, 3.8) is 0 Å². The number of nitrogens with zero attached hydrogens (tertiary/aromatic N) is 2. The molecule has 0 bridgehead atoms. The SMILES string of the molecule is CN1C(=O)CN(c2ccc(C(CN)C(=O)O)cc2)CC1=O. The van der Waals surface area contributed by atoms with Gasteiger partial charge in [-0.2, -0.15) is 0 Å². The molecule has 1 atom stereocenters. The van der Waals surface area contributed by atoms with Crippen LogP contribution in [0, 0.1) is 0 Å². The molecule has 21 heavy (non-hydrogen) atoms. The Hall–Kier alpha value is -2.41. The van der Waals surface area contributed by atoms with Gasteiger partial charge in [-0.25, -0.2) is 0 Å². The fourth-order valence-corrected chi connectivity index (χ4v) is 2.21. The summed E-state index contributed by atoms with van der Waals surface area (Å²) in [6.45, 7) is 0.266. The van der Waals surface area contributed by atoms with Crippen molar-refractivity contribution in [2.24, 2.45) is 5.73 Å². The lowest BCUT2D eigenvalue weighted by molar-refractivity contribution is -0.143. The first-order valence-corrected chi connectivity index (χ1v) is 6.51. The highest BCUT2D eigenvalue weighted by Crippen LogP contribution is 2.21. The van der Waals surface area contributed by atoms with Crippen molar-refractivity contribution >= 4 is 23.5 Å². The number of carboxylic acids is 1. The Bertz CT molecular complexity index is 552. The summed E-state index contributed by atoms with van der Waals surface area (Å²) in [6.07, 6.45) is 0. The molecule has 0 saturated carbocycles. The van der Waals surface area contributed by atoms with Gasteiger partial charge in [0.25, 0.3) is 0 Å². The van der Waals surface area contributed by atoms with Gasteiger partial charge in [-0.3, -0.25) is 19.3 Å². The van der Waals surface area contributed by atoms with Crippen molar-refractivity contribution in [2.75, 3.05) is 31.6 Å². The summed E-state index contributed by atoms with van der Waals surface area (Å²) in [5, 5.41) is 9.06. The van der Waals surface area contributed by atoms with Gasteiger partial charge in [0.15, 0.2) is 0 Å². The second kappa shape index (κ2) is 5.92. The van der Waals surface area contributed by atoms with Crippen LogP contribution in [0.25, 0.3) is 0 Å². The Balaban J connectivity index is 2.18. The highest BCUT2D eigenvalue weighted by atomic mass is 16.4. The zero-order valence-electron chi connectivity index (χ0n) is 11.7.